The van der Waals surface area contributed by atoms with Crippen LogP contribution in [0.4, 0.5) is 5.88 Å². The number of hydrogen-bond acceptors (Lipinski definition) is 5. The lowest BCUT2D eigenvalue weighted by Crippen LogP contribution is -2.26. The molecule has 3 aromatic carbocycles. The second-order valence-electron chi connectivity index (χ2n) is 7.11. The van der Waals surface area contributed by atoms with Gasteiger partial charge < -0.3 is 14.6 Å². The first-order valence-corrected chi connectivity index (χ1v) is 9.51. The molecule has 0 amide bonds. The van der Waals surface area contributed by atoms with Crippen LogP contribution in [0, 0.1) is 11.3 Å². The number of benzene rings is 3. The lowest BCUT2D eigenvalue weighted by Gasteiger charge is -2.24. The molecule has 4 rings (SSSR count). The highest BCUT2D eigenvalue weighted by atomic mass is 16.4. The summed E-state index contributed by atoms with van der Waals surface area (Å²) in [5.74, 6) is 0.847. The molecule has 1 atom stereocenters. The first-order chi connectivity index (χ1) is 14.2. The van der Waals surface area contributed by atoms with E-state index in [-0.39, 0.29) is 11.7 Å². The van der Waals surface area contributed by atoms with E-state index in [2.05, 4.69) is 33.4 Å². The summed E-state index contributed by atoms with van der Waals surface area (Å²) in [5, 5.41) is 15.0. The normalized spacial score (nSPS) is 12.1. The maximum Gasteiger partial charge on any atom is 0.232 e. The topological polar surface area (TPSA) is 65.1 Å². The van der Waals surface area contributed by atoms with E-state index in [1.54, 1.807) is 0 Å². The van der Waals surface area contributed by atoms with E-state index in [0.717, 1.165) is 16.3 Å². The number of aromatic nitrogens is 1. The quantitative estimate of drug-likeness (QED) is 0.504. The highest BCUT2D eigenvalue weighted by molar-refractivity contribution is 5.94. The highest BCUT2D eigenvalue weighted by Gasteiger charge is 2.19. The molecule has 1 N–H and O–H groups in total. The van der Waals surface area contributed by atoms with Gasteiger partial charge in [0.25, 0.3) is 0 Å². The molecular weight excluding hydrogens is 360 g/mol. The van der Waals surface area contributed by atoms with Crippen LogP contribution in [0.5, 0.6) is 0 Å². The molecule has 0 aliphatic heterocycles. The lowest BCUT2D eigenvalue weighted by atomic mass is 10.0. The Morgan fingerprint density at radius 1 is 1.00 bits per heavy atom. The van der Waals surface area contributed by atoms with Crippen LogP contribution in [-0.4, -0.2) is 30.5 Å². The minimum absolute atomic E-state index is 0.133. The zero-order valence-electron chi connectivity index (χ0n) is 16.5. The predicted octanol–water partition coefficient (Wildman–Crippen LogP) is 5.08. The van der Waals surface area contributed by atoms with Crippen LogP contribution in [-0.2, 0) is 0 Å². The van der Waals surface area contributed by atoms with Gasteiger partial charge in [-0.05, 0) is 36.5 Å². The number of nitriles is 1. The Bertz CT molecular complexity index is 1150. The van der Waals surface area contributed by atoms with Gasteiger partial charge in [-0.25, -0.2) is 0 Å². The first-order valence-electron chi connectivity index (χ1n) is 9.51. The molecule has 4 aromatic rings. The molecular formula is C24H22N4O. The molecule has 0 saturated heterocycles. The summed E-state index contributed by atoms with van der Waals surface area (Å²) in [6.45, 7) is 0.593. The third kappa shape index (κ3) is 3.84. The van der Waals surface area contributed by atoms with Crippen molar-refractivity contribution in [1.29, 1.82) is 5.26 Å². The molecule has 0 aliphatic rings. The van der Waals surface area contributed by atoms with Gasteiger partial charge in [0.15, 0.2) is 0 Å². The number of anilines is 1. The van der Waals surface area contributed by atoms with E-state index in [1.807, 2.05) is 74.8 Å². The van der Waals surface area contributed by atoms with Crippen molar-refractivity contribution < 1.29 is 4.42 Å². The van der Waals surface area contributed by atoms with Crippen molar-refractivity contribution in [2.24, 2.45) is 0 Å². The van der Waals surface area contributed by atoms with Gasteiger partial charge in [-0.2, -0.15) is 10.2 Å². The summed E-state index contributed by atoms with van der Waals surface area (Å²) in [6.07, 6.45) is 0. The Hall–Kier alpha value is -3.62. The average Bonchev–Trinajstić information content (AvgIpc) is 3.17. The summed E-state index contributed by atoms with van der Waals surface area (Å²) < 4.78 is 6.00. The maximum atomic E-state index is 9.56. The van der Waals surface area contributed by atoms with Gasteiger partial charge in [-0.1, -0.05) is 66.7 Å². The van der Waals surface area contributed by atoms with Gasteiger partial charge in [0.05, 0.1) is 6.04 Å². The number of rotatable bonds is 6. The van der Waals surface area contributed by atoms with Crippen LogP contribution >= 0.6 is 0 Å². The third-order valence-corrected chi connectivity index (χ3v) is 5.02. The van der Waals surface area contributed by atoms with Crippen molar-refractivity contribution in [3.63, 3.8) is 0 Å². The minimum atomic E-state index is 0.133. The highest BCUT2D eigenvalue weighted by Crippen LogP contribution is 2.31. The molecule has 0 unspecified atom stereocenters. The van der Waals surface area contributed by atoms with Gasteiger partial charge in [0.2, 0.25) is 17.5 Å². The second kappa shape index (κ2) is 8.17. The molecule has 0 spiro atoms. The lowest BCUT2D eigenvalue weighted by molar-refractivity contribution is 0.310. The van der Waals surface area contributed by atoms with Crippen molar-refractivity contribution in [3.05, 3.63) is 84.1 Å². The maximum absolute atomic E-state index is 9.56. The Morgan fingerprint density at radius 3 is 2.48 bits per heavy atom. The molecule has 29 heavy (non-hydrogen) atoms. The third-order valence-electron chi connectivity index (χ3n) is 5.02. The Balaban J connectivity index is 1.64. The fraction of sp³-hybridized carbons (Fsp3) is 0.167. The number of nitrogens with zero attached hydrogens (tertiary/aromatic N) is 3. The van der Waals surface area contributed by atoms with Gasteiger partial charge in [0.1, 0.15) is 6.07 Å². The molecule has 1 aromatic heterocycles. The molecule has 144 valence electrons. The second-order valence-corrected chi connectivity index (χ2v) is 7.11. The molecule has 5 nitrogen and oxygen atoms in total. The fourth-order valence-electron chi connectivity index (χ4n) is 3.51. The molecule has 0 bridgehead atoms. The van der Waals surface area contributed by atoms with E-state index in [4.69, 9.17) is 4.42 Å². The van der Waals surface area contributed by atoms with E-state index in [0.29, 0.717) is 18.3 Å². The van der Waals surface area contributed by atoms with E-state index >= 15 is 0 Å². The average molecular weight is 382 g/mol. The monoisotopic (exact) mass is 382 g/mol. The summed E-state index contributed by atoms with van der Waals surface area (Å²) in [5.41, 5.74) is 2.33. The van der Waals surface area contributed by atoms with Crippen molar-refractivity contribution in [1.82, 2.24) is 9.88 Å². The van der Waals surface area contributed by atoms with E-state index < -0.39 is 0 Å². The van der Waals surface area contributed by atoms with Crippen molar-refractivity contribution >= 4 is 16.7 Å². The van der Waals surface area contributed by atoms with Crippen LogP contribution < -0.4 is 5.32 Å². The molecule has 0 aliphatic carbocycles. The van der Waals surface area contributed by atoms with Gasteiger partial charge in [-0.3, -0.25) is 0 Å². The largest absolute Gasteiger partial charge is 0.419 e. The van der Waals surface area contributed by atoms with Crippen molar-refractivity contribution in [2.75, 3.05) is 26.0 Å². The summed E-state index contributed by atoms with van der Waals surface area (Å²) in [6, 6.07) is 26.6. The number of oxazole rings is 1. The molecule has 0 saturated carbocycles. The van der Waals surface area contributed by atoms with Gasteiger partial charge >= 0.3 is 0 Å². The van der Waals surface area contributed by atoms with Crippen LogP contribution in [0.15, 0.2) is 77.2 Å². The molecule has 1 heterocycles. The number of hydrogen-bond donors (Lipinski definition) is 1. The molecule has 0 radical (unpaired) electrons. The van der Waals surface area contributed by atoms with Crippen molar-refractivity contribution in [2.45, 2.75) is 6.04 Å². The van der Waals surface area contributed by atoms with Gasteiger partial charge in [-0.15, -0.1) is 0 Å². The Kier molecular flexibility index (Phi) is 5.28. The van der Waals surface area contributed by atoms with Crippen LogP contribution in [0.25, 0.3) is 22.2 Å². The van der Waals surface area contributed by atoms with Crippen LogP contribution in [0.1, 0.15) is 17.3 Å². The summed E-state index contributed by atoms with van der Waals surface area (Å²) in [4.78, 5) is 6.58. The Morgan fingerprint density at radius 2 is 1.72 bits per heavy atom. The number of nitrogens with one attached hydrogen (secondary N) is 1. The zero-order chi connectivity index (χ0) is 20.2. The SMILES string of the molecule is CN(C)[C@H](CNc1oc(-c2cccc3ccccc23)nc1C#N)c1ccccc1. The zero-order valence-corrected chi connectivity index (χ0v) is 16.5. The van der Waals surface area contributed by atoms with E-state index in [1.165, 1.54) is 5.56 Å². The minimum Gasteiger partial charge on any atom is -0.419 e. The van der Waals surface area contributed by atoms with E-state index in [9.17, 15) is 5.26 Å². The predicted molar refractivity (Wildman–Crippen MR) is 116 cm³/mol. The van der Waals surface area contributed by atoms with Crippen LogP contribution in [0.2, 0.25) is 0 Å². The number of likely N-dealkylation sites (N-methyl/N-ethyl adjacent to an activating group) is 1. The fourth-order valence-corrected chi connectivity index (χ4v) is 3.51. The Labute approximate surface area is 170 Å². The number of fused-ring (bicyclic) bond motifs is 1. The first kappa shape index (κ1) is 18.7. The smallest absolute Gasteiger partial charge is 0.232 e. The van der Waals surface area contributed by atoms with Crippen LogP contribution in [0.3, 0.4) is 0 Å². The summed E-state index contributed by atoms with van der Waals surface area (Å²) in [7, 11) is 4.07. The molecule has 5 heteroatoms. The van der Waals surface area contributed by atoms with Crippen molar-refractivity contribution in [3.8, 4) is 17.5 Å². The standard InChI is InChI=1S/C24H22N4O/c1-28(2)22(18-10-4-3-5-11-18)16-26-24-21(15-25)27-23(29-24)20-14-8-12-17-9-6-7-13-19(17)20/h3-14,22,26H,16H2,1-2H3/t22-/m1/s1. The molecule has 0 fully saturated rings. The summed E-state index contributed by atoms with van der Waals surface area (Å²) >= 11 is 0. The van der Waals surface area contributed by atoms with Gasteiger partial charge in [0, 0.05) is 12.1 Å².